The molecule has 0 atom stereocenters. The number of amides is 1. The minimum Gasteiger partial charge on any atom is -0.475 e. The summed E-state index contributed by atoms with van der Waals surface area (Å²) in [4.78, 5) is 38.0. The van der Waals surface area contributed by atoms with Gasteiger partial charge in [0, 0.05) is 36.9 Å². The first-order valence-corrected chi connectivity index (χ1v) is 10.2. The van der Waals surface area contributed by atoms with Crippen LogP contribution in [0.1, 0.15) is 21.9 Å². The zero-order valence-electron chi connectivity index (χ0n) is 18.0. The number of aryl methyl sites for hydroxylation is 2. The third-order valence-corrected chi connectivity index (χ3v) is 4.31. The summed E-state index contributed by atoms with van der Waals surface area (Å²) in [6.07, 6.45) is -3.98. The van der Waals surface area contributed by atoms with Crippen LogP contribution in [0, 0.1) is 6.92 Å². The van der Waals surface area contributed by atoms with E-state index in [2.05, 4.69) is 20.4 Å². The van der Waals surface area contributed by atoms with Crippen LogP contribution in [-0.2, 0) is 16.1 Å². The molecule has 0 spiro atoms. The molecule has 0 aromatic carbocycles. The van der Waals surface area contributed by atoms with Crippen LogP contribution in [0.5, 0.6) is 0 Å². The van der Waals surface area contributed by atoms with E-state index in [-0.39, 0.29) is 11.6 Å². The molecular formula is C18H17F6N5O6S. The summed E-state index contributed by atoms with van der Waals surface area (Å²) in [5.41, 5.74) is 0.970. The first-order valence-electron chi connectivity index (χ1n) is 9.34. The van der Waals surface area contributed by atoms with Crippen molar-refractivity contribution in [2.75, 3.05) is 6.54 Å². The molecule has 3 aromatic rings. The number of thiazole rings is 1. The predicted octanol–water partition coefficient (Wildman–Crippen LogP) is 3.39. The van der Waals surface area contributed by atoms with Gasteiger partial charge in [0.1, 0.15) is 5.69 Å². The topological polar surface area (TPSA) is 160 Å². The fourth-order valence-electron chi connectivity index (χ4n) is 1.95. The highest BCUT2D eigenvalue weighted by Gasteiger charge is 2.38. The Morgan fingerprint density at radius 3 is 2.14 bits per heavy atom. The third-order valence-electron chi connectivity index (χ3n) is 3.54. The van der Waals surface area contributed by atoms with Gasteiger partial charge < -0.3 is 24.6 Å². The Balaban J connectivity index is 0.000000383. The zero-order chi connectivity index (χ0) is 27.5. The van der Waals surface area contributed by atoms with Gasteiger partial charge >= 0.3 is 24.3 Å². The predicted molar refractivity (Wildman–Crippen MR) is 109 cm³/mol. The summed E-state index contributed by atoms with van der Waals surface area (Å²) in [6, 6.07) is 1.61. The summed E-state index contributed by atoms with van der Waals surface area (Å²) in [5.74, 6) is -5.25. The molecule has 0 aliphatic rings. The standard InChI is InChI=1S/C14H15N5O2S.2C2HF3O2/c1-10-17-12(8-22-10)13-7-11(18-21-13)14(20)16-3-2-5-19-6-4-15-9-19;2*3-2(4,5)1(6)7/h4,6-9H,2-3,5H2,1H3,(H,16,20);2*(H,6,7). The molecule has 0 saturated carbocycles. The lowest BCUT2D eigenvalue weighted by Crippen LogP contribution is -2.25. The van der Waals surface area contributed by atoms with Crippen molar-refractivity contribution >= 4 is 29.2 Å². The largest absolute Gasteiger partial charge is 0.490 e. The number of halogens is 6. The van der Waals surface area contributed by atoms with Crippen molar-refractivity contribution in [2.24, 2.45) is 0 Å². The van der Waals surface area contributed by atoms with Crippen LogP contribution in [-0.4, -0.2) is 66.6 Å². The summed E-state index contributed by atoms with van der Waals surface area (Å²) < 4.78 is 70.6. The second-order valence-electron chi connectivity index (χ2n) is 6.34. The number of carbonyl (C=O) groups is 3. The maximum atomic E-state index is 12.0. The number of hydrogen-bond donors (Lipinski definition) is 3. The Bertz CT molecular complexity index is 1100. The number of rotatable bonds is 6. The van der Waals surface area contributed by atoms with Crippen molar-refractivity contribution in [3.8, 4) is 11.5 Å². The van der Waals surface area contributed by atoms with Crippen LogP contribution in [0.15, 0.2) is 34.7 Å². The molecule has 0 aliphatic carbocycles. The summed E-state index contributed by atoms with van der Waals surface area (Å²) in [5, 5.41) is 23.7. The highest BCUT2D eigenvalue weighted by molar-refractivity contribution is 7.09. The van der Waals surface area contributed by atoms with Crippen molar-refractivity contribution in [3.05, 3.63) is 40.9 Å². The number of nitrogens with zero attached hydrogens (tertiary/aromatic N) is 4. The second-order valence-corrected chi connectivity index (χ2v) is 7.41. The number of hydrogen-bond acceptors (Lipinski definition) is 8. The molecule has 1 amide bonds. The molecule has 3 rings (SSSR count). The van der Waals surface area contributed by atoms with Crippen LogP contribution < -0.4 is 5.32 Å². The van der Waals surface area contributed by atoms with Gasteiger partial charge in [0.2, 0.25) is 0 Å². The Hall–Kier alpha value is -3.96. The fraction of sp³-hybridized carbons (Fsp3) is 0.333. The van der Waals surface area contributed by atoms with Gasteiger partial charge in [-0.15, -0.1) is 11.3 Å². The molecule has 198 valence electrons. The molecule has 0 radical (unpaired) electrons. The molecule has 3 aromatic heterocycles. The molecular weight excluding hydrogens is 528 g/mol. The normalized spacial score (nSPS) is 11.0. The first-order chi connectivity index (χ1) is 16.6. The lowest BCUT2D eigenvalue weighted by Gasteiger charge is -2.03. The van der Waals surface area contributed by atoms with E-state index in [1.165, 1.54) is 11.3 Å². The zero-order valence-corrected chi connectivity index (χ0v) is 18.8. The number of aliphatic carboxylic acids is 2. The lowest BCUT2D eigenvalue weighted by molar-refractivity contribution is -0.193. The minimum absolute atomic E-state index is 0.243. The summed E-state index contributed by atoms with van der Waals surface area (Å²) in [6.45, 7) is 3.29. The number of imidazole rings is 1. The molecule has 3 heterocycles. The van der Waals surface area contributed by atoms with Gasteiger partial charge in [0.05, 0.1) is 11.3 Å². The quantitative estimate of drug-likeness (QED) is 0.312. The lowest BCUT2D eigenvalue weighted by atomic mass is 10.3. The smallest absolute Gasteiger partial charge is 0.475 e. The SMILES string of the molecule is Cc1nc(-c2cc(C(=O)NCCCn3ccnc3)no2)cs1.O=C(O)C(F)(F)F.O=C(O)C(F)(F)F. The van der Waals surface area contributed by atoms with Gasteiger partial charge in [-0.25, -0.2) is 19.6 Å². The average molecular weight is 545 g/mol. The highest BCUT2D eigenvalue weighted by atomic mass is 32.1. The van der Waals surface area contributed by atoms with Crippen LogP contribution in [0.3, 0.4) is 0 Å². The molecule has 36 heavy (non-hydrogen) atoms. The fourth-order valence-corrected chi connectivity index (χ4v) is 2.55. The van der Waals surface area contributed by atoms with E-state index in [1.807, 2.05) is 23.1 Å². The number of aromatic nitrogens is 4. The molecule has 0 unspecified atom stereocenters. The van der Waals surface area contributed by atoms with E-state index >= 15 is 0 Å². The van der Waals surface area contributed by atoms with E-state index in [9.17, 15) is 31.1 Å². The van der Waals surface area contributed by atoms with Crippen molar-refractivity contribution in [1.82, 2.24) is 25.0 Å². The first kappa shape index (κ1) is 30.1. The van der Waals surface area contributed by atoms with Crippen molar-refractivity contribution < 1.29 is 55.5 Å². The van der Waals surface area contributed by atoms with Gasteiger partial charge in [0.15, 0.2) is 11.5 Å². The average Bonchev–Trinajstić information content (AvgIpc) is 3.52. The Morgan fingerprint density at radius 1 is 1.11 bits per heavy atom. The van der Waals surface area contributed by atoms with Crippen molar-refractivity contribution in [1.29, 1.82) is 0 Å². The molecule has 0 fully saturated rings. The molecule has 3 N–H and O–H groups in total. The van der Waals surface area contributed by atoms with Crippen molar-refractivity contribution in [2.45, 2.75) is 32.2 Å². The molecule has 0 saturated heterocycles. The Morgan fingerprint density at radius 2 is 1.69 bits per heavy atom. The second kappa shape index (κ2) is 13.2. The van der Waals surface area contributed by atoms with Crippen LogP contribution >= 0.6 is 11.3 Å². The van der Waals surface area contributed by atoms with Gasteiger partial charge in [-0.1, -0.05) is 5.16 Å². The van der Waals surface area contributed by atoms with Gasteiger partial charge in [-0.2, -0.15) is 26.3 Å². The molecule has 18 heteroatoms. The van der Waals surface area contributed by atoms with E-state index in [0.717, 1.165) is 18.0 Å². The Labute approximate surface area is 201 Å². The van der Waals surface area contributed by atoms with E-state index < -0.39 is 24.3 Å². The van der Waals surface area contributed by atoms with Gasteiger partial charge in [0.25, 0.3) is 5.91 Å². The van der Waals surface area contributed by atoms with Crippen LogP contribution in [0.25, 0.3) is 11.5 Å². The van der Waals surface area contributed by atoms with E-state index in [1.54, 1.807) is 18.6 Å². The maximum absolute atomic E-state index is 12.0. The van der Waals surface area contributed by atoms with Gasteiger partial charge in [-0.3, -0.25) is 4.79 Å². The number of carboxylic acids is 2. The monoisotopic (exact) mass is 545 g/mol. The van der Waals surface area contributed by atoms with Crippen molar-refractivity contribution in [3.63, 3.8) is 0 Å². The number of carbonyl (C=O) groups excluding carboxylic acids is 1. The van der Waals surface area contributed by atoms with Crippen LogP contribution in [0.2, 0.25) is 0 Å². The number of carboxylic acid groups (broad SMARTS) is 2. The Kier molecular flexibility index (Phi) is 11.0. The number of alkyl halides is 6. The molecule has 0 bridgehead atoms. The minimum atomic E-state index is -5.08. The van der Waals surface area contributed by atoms with Gasteiger partial charge in [-0.05, 0) is 13.3 Å². The highest BCUT2D eigenvalue weighted by Crippen LogP contribution is 2.22. The summed E-state index contributed by atoms with van der Waals surface area (Å²) in [7, 11) is 0. The van der Waals surface area contributed by atoms with E-state index in [4.69, 9.17) is 24.3 Å². The maximum Gasteiger partial charge on any atom is 0.490 e. The number of nitrogens with one attached hydrogen (secondary N) is 1. The van der Waals surface area contributed by atoms with E-state index in [0.29, 0.717) is 18.0 Å². The summed E-state index contributed by atoms with van der Waals surface area (Å²) >= 11 is 1.53. The third kappa shape index (κ3) is 11.0. The van der Waals surface area contributed by atoms with Crippen LogP contribution in [0.4, 0.5) is 26.3 Å². The molecule has 0 aliphatic heterocycles. The molecule has 11 nitrogen and oxygen atoms in total.